The smallest absolute Gasteiger partial charge is 0.241 e. The Morgan fingerprint density at radius 2 is 1.89 bits per heavy atom. The lowest BCUT2D eigenvalue weighted by atomic mass is 10.3. The molecular weight excluding hydrogens is 271 g/mol. The molecule has 0 saturated heterocycles. The molecule has 3 nitrogen and oxygen atoms in total. The Kier molecular flexibility index (Phi) is 3.75. The summed E-state index contributed by atoms with van der Waals surface area (Å²) in [5.41, 5.74) is 6.70. The summed E-state index contributed by atoms with van der Waals surface area (Å²) in [5, 5.41) is 1.10. The van der Waals surface area contributed by atoms with Crippen LogP contribution >= 0.6 is 23.2 Å². The van der Waals surface area contributed by atoms with Crippen molar-refractivity contribution < 1.29 is 4.79 Å². The Balaban J connectivity index is 2.45. The molecular formula is C13H10Cl2N2O. The first kappa shape index (κ1) is 12.7. The Hall–Kier alpha value is -1.71. The van der Waals surface area contributed by atoms with Crippen LogP contribution in [-0.4, -0.2) is 10.5 Å². The first-order valence-corrected chi connectivity index (χ1v) is 5.93. The van der Waals surface area contributed by atoms with E-state index in [0.717, 1.165) is 11.4 Å². The lowest BCUT2D eigenvalue weighted by Gasteiger charge is -2.07. The highest BCUT2D eigenvalue weighted by Crippen LogP contribution is 2.23. The first-order chi connectivity index (χ1) is 8.56. The number of primary amides is 1. The maximum absolute atomic E-state index is 10.7. The summed E-state index contributed by atoms with van der Waals surface area (Å²) in [7, 11) is 0. The maximum atomic E-state index is 10.7. The predicted molar refractivity (Wildman–Crippen MR) is 74.0 cm³/mol. The molecule has 18 heavy (non-hydrogen) atoms. The largest absolute Gasteiger partial charge is 0.366 e. The summed E-state index contributed by atoms with van der Waals surface area (Å²) in [4.78, 5) is 10.7. The molecule has 0 unspecified atom stereocenters. The highest BCUT2D eigenvalue weighted by atomic mass is 35.5. The Morgan fingerprint density at radius 3 is 2.50 bits per heavy atom. The topological polar surface area (TPSA) is 48.0 Å². The van der Waals surface area contributed by atoms with Crippen LogP contribution in [0.25, 0.3) is 11.8 Å². The number of hydrogen-bond donors (Lipinski definition) is 1. The molecule has 1 amide bonds. The van der Waals surface area contributed by atoms with Crippen molar-refractivity contribution in [2.45, 2.75) is 0 Å². The summed E-state index contributed by atoms with van der Waals surface area (Å²) >= 11 is 11.9. The van der Waals surface area contributed by atoms with E-state index in [0.29, 0.717) is 10.0 Å². The second kappa shape index (κ2) is 5.29. The summed E-state index contributed by atoms with van der Waals surface area (Å²) in [6.45, 7) is 0. The molecule has 0 fully saturated rings. The number of amides is 1. The van der Waals surface area contributed by atoms with Gasteiger partial charge in [-0.1, -0.05) is 23.2 Å². The molecule has 0 aliphatic rings. The minimum absolute atomic E-state index is 0.494. The van der Waals surface area contributed by atoms with Gasteiger partial charge in [0, 0.05) is 33.7 Å². The molecule has 0 aliphatic carbocycles. The number of halogens is 2. The van der Waals surface area contributed by atoms with Crippen molar-refractivity contribution in [3.8, 4) is 5.69 Å². The predicted octanol–water partition coefficient (Wildman–Crippen LogP) is 3.28. The number of aromatic nitrogens is 1. The maximum Gasteiger partial charge on any atom is 0.241 e. The molecule has 2 N–H and O–H groups in total. The lowest BCUT2D eigenvalue weighted by molar-refractivity contribution is -0.113. The zero-order valence-electron chi connectivity index (χ0n) is 9.31. The molecule has 0 saturated carbocycles. The van der Waals surface area contributed by atoms with Gasteiger partial charge in [0.2, 0.25) is 5.91 Å². The third-order valence-electron chi connectivity index (χ3n) is 2.32. The molecule has 2 rings (SSSR count). The van der Waals surface area contributed by atoms with E-state index in [1.807, 2.05) is 22.9 Å². The molecule has 92 valence electrons. The second-order valence-electron chi connectivity index (χ2n) is 3.67. The number of carbonyl (C=O) groups excluding carboxylic acids is 1. The number of nitrogens with zero attached hydrogens (tertiary/aromatic N) is 1. The average molecular weight is 281 g/mol. The summed E-state index contributed by atoms with van der Waals surface area (Å²) < 4.78 is 1.86. The lowest BCUT2D eigenvalue weighted by Crippen LogP contribution is -2.05. The standard InChI is InChI=1S/C13H10Cl2N2O/c14-9-6-10(15)8-12(7-9)17-5-1-2-11(17)3-4-13(16)18/h1-8H,(H2,16,18)/b4-3+. The fourth-order valence-corrected chi connectivity index (χ4v) is 2.13. The van der Waals surface area contributed by atoms with Crippen LogP contribution in [-0.2, 0) is 4.79 Å². The third-order valence-corrected chi connectivity index (χ3v) is 2.76. The van der Waals surface area contributed by atoms with Crippen molar-refractivity contribution >= 4 is 35.2 Å². The van der Waals surface area contributed by atoms with E-state index in [1.54, 1.807) is 24.3 Å². The molecule has 2 aromatic rings. The van der Waals surface area contributed by atoms with Crippen molar-refractivity contribution in [1.29, 1.82) is 0 Å². The minimum atomic E-state index is -0.494. The fraction of sp³-hybridized carbons (Fsp3) is 0. The van der Waals surface area contributed by atoms with Crippen LogP contribution in [0.3, 0.4) is 0 Å². The van der Waals surface area contributed by atoms with E-state index in [4.69, 9.17) is 28.9 Å². The van der Waals surface area contributed by atoms with Crippen molar-refractivity contribution in [2.24, 2.45) is 5.73 Å². The third kappa shape index (κ3) is 2.94. The SMILES string of the molecule is NC(=O)/C=C/c1cccn1-c1cc(Cl)cc(Cl)c1. The highest BCUT2D eigenvalue weighted by molar-refractivity contribution is 6.34. The van der Waals surface area contributed by atoms with Crippen molar-refractivity contribution in [2.75, 3.05) is 0 Å². The van der Waals surface area contributed by atoms with E-state index in [1.165, 1.54) is 6.08 Å². The van der Waals surface area contributed by atoms with Gasteiger partial charge < -0.3 is 10.3 Å². The normalized spacial score (nSPS) is 11.0. The molecule has 0 atom stereocenters. The highest BCUT2D eigenvalue weighted by Gasteiger charge is 2.03. The van der Waals surface area contributed by atoms with E-state index >= 15 is 0 Å². The van der Waals surface area contributed by atoms with Gasteiger partial charge in [-0.2, -0.15) is 0 Å². The molecule has 0 spiro atoms. The van der Waals surface area contributed by atoms with Gasteiger partial charge in [0.15, 0.2) is 0 Å². The Labute approximate surface area is 114 Å². The van der Waals surface area contributed by atoms with Crippen molar-refractivity contribution in [1.82, 2.24) is 4.57 Å². The fourth-order valence-electron chi connectivity index (χ4n) is 1.61. The van der Waals surface area contributed by atoms with Crippen LogP contribution in [0.4, 0.5) is 0 Å². The van der Waals surface area contributed by atoms with Crippen LogP contribution in [0.5, 0.6) is 0 Å². The number of hydrogen-bond acceptors (Lipinski definition) is 1. The first-order valence-electron chi connectivity index (χ1n) is 5.17. The van der Waals surface area contributed by atoms with Gasteiger partial charge in [0.1, 0.15) is 0 Å². The minimum Gasteiger partial charge on any atom is -0.366 e. The molecule has 0 aliphatic heterocycles. The summed E-state index contributed by atoms with van der Waals surface area (Å²) in [5.74, 6) is -0.494. The number of rotatable bonds is 3. The van der Waals surface area contributed by atoms with E-state index in [-0.39, 0.29) is 0 Å². The summed E-state index contributed by atoms with van der Waals surface area (Å²) in [6, 6.07) is 8.95. The molecule has 0 radical (unpaired) electrons. The Bertz CT molecular complexity index is 597. The zero-order chi connectivity index (χ0) is 13.1. The number of carbonyl (C=O) groups is 1. The van der Waals surface area contributed by atoms with Crippen LogP contribution in [0.1, 0.15) is 5.69 Å². The van der Waals surface area contributed by atoms with E-state index in [9.17, 15) is 4.79 Å². The van der Waals surface area contributed by atoms with Gasteiger partial charge in [-0.25, -0.2) is 0 Å². The van der Waals surface area contributed by atoms with E-state index in [2.05, 4.69) is 0 Å². The molecule has 5 heteroatoms. The quantitative estimate of drug-likeness (QED) is 0.862. The van der Waals surface area contributed by atoms with Gasteiger partial charge in [-0.05, 0) is 36.4 Å². The van der Waals surface area contributed by atoms with Crippen LogP contribution < -0.4 is 5.73 Å². The zero-order valence-corrected chi connectivity index (χ0v) is 10.8. The average Bonchev–Trinajstić information content (AvgIpc) is 2.72. The number of benzene rings is 1. The molecule has 1 aromatic heterocycles. The second-order valence-corrected chi connectivity index (χ2v) is 4.54. The van der Waals surface area contributed by atoms with Crippen LogP contribution in [0.2, 0.25) is 10.0 Å². The Morgan fingerprint density at radius 1 is 1.22 bits per heavy atom. The molecule has 1 heterocycles. The van der Waals surface area contributed by atoms with E-state index < -0.39 is 5.91 Å². The monoisotopic (exact) mass is 280 g/mol. The summed E-state index contributed by atoms with van der Waals surface area (Å²) in [6.07, 6.45) is 4.79. The molecule has 1 aromatic carbocycles. The van der Waals surface area contributed by atoms with Crippen molar-refractivity contribution in [3.05, 3.63) is 58.3 Å². The van der Waals surface area contributed by atoms with Gasteiger partial charge in [-0.3, -0.25) is 4.79 Å². The van der Waals surface area contributed by atoms with Crippen LogP contribution in [0, 0.1) is 0 Å². The van der Waals surface area contributed by atoms with Gasteiger partial charge >= 0.3 is 0 Å². The van der Waals surface area contributed by atoms with Gasteiger partial charge in [-0.15, -0.1) is 0 Å². The van der Waals surface area contributed by atoms with Gasteiger partial charge in [0.05, 0.1) is 0 Å². The van der Waals surface area contributed by atoms with Crippen molar-refractivity contribution in [3.63, 3.8) is 0 Å². The van der Waals surface area contributed by atoms with Crippen LogP contribution in [0.15, 0.2) is 42.6 Å². The van der Waals surface area contributed by atoms with Gasteiger partial charge in [0.25, 0.3) is 0 Å². The molecule has 0 bridgehead atoms. The number of nitrogens with two attached hydrogens (primary N) is 1.